The Labute approximate surface area is 132 Å². The second-order valence-corrected chi connectivity index (χ2v) is 6.48. The molecule has 0 amide bonds. The number of hydrogen-bond donors (Lipinski definition) is 2. The van der Waals surface area contributed by atoms with Gasteiger partial charge < -0.3 is 9.97 Å². The third-order valence-corrected chi connectivity index (χ3v) is 4.46. The Morgan fingerprint density at radius 2 is 2.18 bits per heavy atom. The van der Waals surface area contributed by atoms with Crippen molar-refractivity contribution in [2.45, 2.75) is 58.4 Å². The molecule has 0 unspecified atom stereocenters. The molecule has 5 nitrogen and oxygen atoms in total. The molecule has 0 aliphatic carbocycles. The van der Waals surface area contributed by atoms with E-state index < -0.39 is 0 Å². The summed E-state index contributed by atoms with van der Waals surface area (Å²) in [5, 5.41) is 0. The Morgan fingerprint density at radius 1 is 1.27 bits per heavy atom. The van der Waals surface area contributed by atoms with E-state index in [2.05, 4.69) is 38.7 Å². The van der Waals surface area contributed by atoms with Crippen molar-refractivity contribution in [3.8, 4) is 0 Å². The molecule has 0 saturated carbocycles. The molecule has 2 N–H and O–H groups in total. The highest BCUT2D eigenvalue weighted by Gasteiger charge is 2.23. The van der Waals surface area contributed by atoms with Crippen LogP contribution in [0.1, 0.15) is 61.6 Å². The van der Waals surface area contributed by atoms with Gasteiger partial charge in [-0.25, -0.2) is 9.97 Å². The fraction of sp³-hybridized carbons (Fsp3) is 0.647. The van der Waals surface area contributed by atoms with E-state index in [1.54, 1.807) is 0 Å². The molecule has 3 heterocycles. The first-order valence-corrected chi connectivity index (χ1v) is 8.51. The summed E-state index contributed by atoms with van der Waals surface area (Å²) in [5.41, 5.74) is 2.39. The molecule has 1 fully saturated rings. The van der Waals surface area contributed by atoms with Gasteiger partial charge in [0.15, 0.2) is 0 Å². The Kier molecular flexibility index (Phi) is 4.93. The molecular formula is C17H27N5. The zero-order valence-electron chi connectivity index (χ0n) is 13.7. The summed E-state index contributed by atoms with van der Waals surface area (Å²) in [7, 11) is 0. The van der Waals surface area contributed by atoms with E-state index in [4.69, 9.17) is 0 Å². The molecule has 0 aromatic carbocycles. The van der Waals surface area contributed by atoms with Gasteiger partial charge in [-0.1, -0.05) is 13.3 Å². The van der Waals surface area contributed by atoms with Crippen molar-refractivity contribution in [3.05, 3.63) is 35.4 Å². The molecule has 22 heavy (non-hydrogen) atoms. The Morgan fingerprint density at radius 3 is 2.95 bits per heavy atom. The predicted molar refractivity (Wildman–Crippen MR) is 87.8 cm³/mol. The van der Waals surface area contributed by atoms with Gasteiger partial charge in [0.25, 0.3) is 0 Å². The van der Waals surface area contributed by atoms with E-state index in [0.717, 1.165) is 36.9 Å². The van der Waals surface area contributed by atoms with E-state index in [1.807, 2.05) is 12.4 Å². The zero-order valence-corrected chi connectivity index (χ0v) is 13.7. The maximum Gasteiger partial charge on any atom is 0.110 e. The number of aromatic nitrogens is 4. The number of imidazole rings is 2. The lowest BCUT2D eigenvalue weighted by atomic mass is 9.97. The first-order valence-electron chi connectivity index (χ1n) is 8.51. The Bertz CT molecular complexity index is 585. The molecule has 0 bridgehead atoms. The van der Waals surface area contributed by atoms with Crippen LogP contribution in [0, 0.1) is 6.92 Å². The molecule has 120 valence electrons. The number of H-pyrrole nitrogens is 2. The molecule has 0 spiro atoms. The van der Waals surface area contributed by atoms with Gasteiger partial charge in [-0.05, 0) is 32.7 Å². The van der Waals surface area contributed by atoms with Crippen LogP contribution in [-0.4, -0.2) is 37.9 Å². The van der Waals surface area contributed by atoms with Gasteiger partial charge in [0.05, 0.1) is 0 Å². The fourth-order valence-electron chi connectivity index (χ4n) is 3.26. The van der Waals surface area contributed by atoms with Crippen molar-refractivity contribution in [2.24, 2.45) is 0 Å². The molecule has 2 aromatic rings. The lowest BCUT2D eigenvalue weighted by molar-refractivity contribution is 0.195. The molecule has 3 rings (SSSR count). The van der Waals surface area contributed by atoms with Crippen LogP contribution >= 0.6 is 0 Å². The first-order chi connectivity index (χ1) is 10.7. The largest absolute Gasteiger partial charge is 0.346 e. The summed E-state index contributed by atoms with van der Waals surface area (Å²) in [6.07, 6.45) is 9.89. The molecule has 1 saturated heterocycles. The lowest BCUT2D eigenvalue weighted by Gasteiger charge is -2.31. The Balaban J connectivity index is 1.57. The predicted octanol–water partition coefficient (Wildman–Crippen LogP) is 3.16. The van der Waals surface area contributed by atoms with Crippen LogP contribution in [0.5, 0.6) is 0 Å². The average Bonchev–Trinajstić information content (AvgIpc) is 3.15. The van der Waals surface area contributed by atoms with E-state index >= 15 is 0 Å². The highest BCUT2D eigenvalue weighted by molar-refractivity contribution is 5.07. The highest BCUT2D eigenvalue weighted by Crippen LogP contribution is 2.25. The quantitative estimate of drug-likeness (QED) is 0.861. The highest BCUT2D eigenvalue weighted by atomic mass is 15.1. The van der Waals surface area contributed by atoms with Crippen LogP contribution < -0.4 is 0 Å². The van der Waals surface area contributed by atoms with Crippen molar-refractivity contribution in [1.29, 1.82) is 0 Å². The molecule has 0 radical (unpaired) electrons. The van der Waals surface area contributed by atoms with Crippen LogP contribution in [0.2, 0.25) is 0 Å². The van der Waals surface area contributed by atoms with Crippen molar-refractivity contribution >= 4 is 0 Å². The van der Waals surface area contributed by atoms with Gasteiger partial charge >= 0.3 is 0 Å². The molecule has 5 heteroatoms. The second-order valence-electron chi connectivity index (χ2n) is 6.48. The lowest BCUT2D eigenvalue weighted by Crippen LogP contribution is -2.34. The number of likely N-dealkylation sites (tertiary alicyclic amines) is 1. The SMILES string of the molecule is CCCCc1ncc(CN2CCC[C@H](c3ncc(C)[nH]3)C2)[nH]1. The van der Waals surface area contributed by atoms with Crippen LogP contribution in [-0.2, 0) is 13.0 Å². The monoisotopic (exact) mass is 301 g/mol. The van der Waals surface area contributed by atoms with E-state index in [1.165, 1.54) is 37.9 Å². The minimum Gasteiger partial charge on any atom is -0.346 e. The van der Waals surface area contributed by atoms with Crippen molar-refractivity contribution < 1.29 is 0 Å². The van der Waals surface area contributed by atoms with Gasteiger partial charge in [0.2, 0.25) is 0 Å². The van der Waals surface area contributed by atoms with Crippen molar-refractivity contribution in [2.75, 3.05) is 13.1 Å². The number of aromatic amines is 2. The molecular weight excluding hydrogens is 274 g/mol. The summed E-state index contributed by atoms with van der Waals surface area (Å²) >= 11 is 0. The van der Waals surface area contributed by atoms with E-state index in [0.29, 0.717) is 5.92 Å². The third kappa shape index (κ3) is 3.77. The summed E-state index contributed by atoms with van der Waals surface area (Å²) in [6, 6.07) is 0. The maximum absolute atomic E-state index is 4.52. The topological polar surface area (TPSA) is 60.6 Å². The third-order valence-electron chi connectivity index (χ3n) is 4.46. The van der Waals surface area contributed by atoms with Gasteiger partial charge in [-0.15, -0.1) is 0 Å². The minimum atomic E-state index is 0.532. The first kappa shape index (κ1) is 15.3. The number of aryl methyl sites for hydroxylation is 2. The standard InChI is InChI=1S/C17H27N5/c1-3-4-7-16-18-10-15(21-16)12-22-8-5-6-14(11-22)17-19-9-13(2)20-17/h9-10,14H,3-8,11-12H2,1-2H3,(H,18,21)(H,19,20)/t14-/m0/s1. The minimum absolute atomic E-state index is 0.532. The number of unbranched alkanes of at least 4 members (excludes halogenated alkanes) is 1. The average molecular weight is 301 g/mol. The molecule has 1 aliphatic rings. The van der Waals surface area contributed by atoms with Gasteiger partial charge in [0, 0.05) is 49.2 Å². The number of nitrogens with one attached hydrogen (secondary N) is 2. The van der Waals surface area contributed by atoms with Gasteiger partial charge in [-0.3, -0.25) is 4.90 Å². The van der Waals surface area contributed by atoms with Gasteiger partial charge in [0.1, 0.15) is 11.6 Å². The number of hydrogen-bond acceptors (Lipinski definition) is 3. The normalized spacial score (nSPS) is 19.6. The molecule has 1 aliphatic heterocycles. The van der Waals surface area contributed by atoms with Crippen LogP contribution in [0.15, 0.2) is 12.4 Å². The molecule has 2 aromatic heterocycles. The van der Waals surface area contributed by atoms with E-state index in [9.17, 15) is 0 Å². The van der Waals surface area contributed by atoms with Crippen LogP contribution in [0.4, 0.5) is 0 Å². The van der Waals surface area contributed by atoms with Gasteiger partial charge in [-0.2, -0.15) is 0 Å². The summed E-state index contributed by atoms with van der Waals surface area (Å²) in [6.45, 7) is 7.50. The van der Waals surface area contributed by atoms with Crippen LogP contribution in [0.25, 0.3) is 0 Å². The molecule has 1 atom stereocenters. The Hall–Kier alpha value is -1.62. The van der Waals surface area contributed by atoms with E-state index in [-0.39, 0.29) is 0 Å². The fourth-order valence-corrected chi connectivity index (χ4v) is 3.26. The zero-order chi connectivity index (χ0) is 15.4. The van der Waals surface area contributed by atoms with Crippen molar-refractivity contribution in [1.82, 2.24) is 24.8 Å². The number of rotatable bonds is 6. The maximum atomic E-state index is 4.52. The summed E-state index contributed by atoms with van der Waals surface area (Å²) < 4.78 is 0. The number of nitrogens with zero attached hydrogens (tertiary/aromatic N) is 3. The second kappa shape index (κ2) is 7.09. The van der Waals surface area contributed by atoms with Crippen LogP contribution in [0.3, 0.4) is 0 Å². The summed E-state index contributed by atoms with van der Waals surface area (Å²) in [4.78, 5) is 18.4. The summed E-state index contributed by atoms with van der Waals surface area (Å²) in [5.74, 6) is 2.81. The smallest absolute Gasteiger partial charge is 0.110 e. The number of piperidine rings is 1. The van der Waals surface area contributed by atoms with Crippen molar-refractivity contribution in [3.63, 3.8) is 0 Å².